The first kappa shape index (κ1) is 29.6. The van der Waals surface area contributed by atoms with Crippen LogP contribution in [0.2, 0.25) is 0 Å². The van der Waals surface area contributed by atoms with Crippen molar-refractivity contribution in [2.24, 2.45) is 5.92 Å². The van der Waals surface area contributed by atoms with Gasteiger partial charge in [-0.2, -0.15) is 0 Å². The second kappa shape index (κ2) is 13.4. The average Bonchev–Trinajstić information content (AvgIpc) is 3.63. The number of hydrogen-bond donors (Lipinski definition) is 3. The molecule has 3 N–H and O–H groups in total. The number of para-hydroxylation sites is 1. The van der Waals surface area contributed by atoms with Crippen LogP contribution >= 0.6 is 11.3 Å². The van der Waals surface area contributed by atoms with E-state index in [0.29, 0.717) is 23.5 Å². The summed E-state index contributed by atoms with van der Waals surface area (Å²) in [6.07, 6.45) is 0.205. The molecule has 2 aromatic heterocycles. The number of thiazole rings is 1. The van der Waals surface area contributed by atoms with Gasteiger partial charge in [0.25, 0.3) is 17.7 Å². The van der Waals surface area contributed by atoms with Crippen LogP contribution < -0.4 is 16.1 Å². The molecule has 43 heavy (non-hydrogen) atoms. The van der Waals surface area contributed by atoms with Crippen LogP contribution in [0.1, 0.15) is 64.3 Å². The lowest BCUT2D eigenvalue weighted by Gasteiger charge is -2.19. The molecule has 0 unspecified atom stereocenters. The molecule has 0 bridgehead atoms. The Kier molecular flexibility index (Phi) is 9.26. The van der Waals surface area contributed by atoms with Gasteiger partial charge in [0.15, 0.2) is 0 Å². The van der Waals surface area contributed by atoms with Crippen LogP contribution in [0.15, 0.2) is 72.1 Å². The quantitative estimate of drug-likeness (QED) is 0.245. The molecule has 11 nitrogen and oxygen atoms in total. The summed E-state index contributed by atoms with van der Waals surface area (Å²) in [7, 11) is 0. The van der Waals surface area contributed by atoms with E-state index in [1.165, 1.54) is 16.3 Å². The number of alkyl carbamates (subject to hydrolysis) is 1. The highest BCUT2D eigenvalue weighted by Crippen LogP contribution is 2.25. The number of rotatable bonds is 10. The fourth-order valence-corrected chi connectivity index (χ4v) is 5.54. The number of nitrogens with one attached hydrogen (secondary N) is 3. The molecule has 1 saturated heterocycles. The number of pyridine rings is 1. The van der Waals surface area contributed by atoms with Crippen LogP contribution in [-0.4, -0.2) is 51.4 Å². The molecule has 0 spiro atoms. The van der Waals surface area contributed by atoms with Crippen LogP contribution in [0.3, 0.4) is 0 Å². The van der Waals surface area contributed by atoms with Crippen molar-refractivity contribution in [1.82, 2.24) is 31.0 Å². The van der Waals surface area contributed by atoms with Crippen molar-refractivity contribution in [3.8, 4) is 0 Å². The molecule has 2 aromatic carbocycles. The van der Waals surface area contributed by atoms with E-state index < -0.39 is 30.0 Å². The Bertz CT molecular complexity index is 1630. The number of benzene rings is 2. The van der Waals surface area contributed by atoms with E-state index in [1.54, 1.807) is 11.4 Å². The zero-order chi connectivity index (χ0) is 30.3. The lowest BCUT2D eigenvalue weighted by Crippen LogP contribution is -2.48. The largest absolute Gasteiger partial charge is 0.445 e. The summed E-state index contributed by atoms with van der Waals surface area (Å²) in [4.78, 5) is 60.1. The molecule has 0 saturated carbocycles. The minimum absolute atomic E-state index is 0.0806. The van der Waals surface area contributed by atoms with Crippen LogP contribution in [0.5, 0.6) is 0 Å². The first-order chi connectivity index (χ1) is 20.8. The molecule has 1 fully saturated rings. The summed E-state index contributed by atoms with van der Waals surface area (Å²) < 4.78 is 5.20. The SMILES string of the molecule is CC(C)C[C@H](NC(=O)c1ccc2ccccc2n1)c1nc(C(=O)NN2CC[C@@H](NC(=O)OCc3ccccc3)C2=O)cs1. The number of hydrazine groups is 1. The van der Waals surface area contributed by atoms with E-state index in [9.17, 15) is 19.2 Å². The summed E-state index contributed by atoms with van der Waals surface area (Å²) in [6.45, 7) is 4.37. The number of fused-ring (bicyclic) bond motifs is 1. The second-order valence-corrected chi connectivity index (χ2v) is 11.5. The number of aromatic nitrogens is 2. The van der Waals surface area contributed by atoms with Gasteiger partial charge >= 0.3 is 6.09 Å². The maximum atomic E-state index is 13.1. The predicted octanol–water partition coefficient (Wildman–Crippen LogP) is 4.38. The first-order valence-electron chi connectivity index (χ1n) is 14.0. The number of amides is 4. The van der Waals surface area contributed by atoms with E-state index >= 15 is 0 Å². The van der Waals surface area contributed by atoms with E-state index in [2.05, 4.69) is 26.0 Å². The molecular formula is C31H32N6O5S. The normalized spacial score (nSPS) is 15.4. The van der Waals surface area contributed by atoms with Gasteiger partial charge < -0.3 is 15.4 Å². The molecule has 1 aliphatic rings. The Hall–Kier alpha value is -4.84. The third-order valence-corrected chi connectivity index (χ3v) is 7.80. The fourth-order valence-electron chi connectivity index (χ4n) is 4.68. The Balaban J connectivity index is 1.17. The van der Waals surface area contributed by atoms with Crippen LogP contribution in [-0.2, 0) is 16.1 Å². The lowest BCUT2D eigenvalue weighted by atomic mass is 10.0. The molecule has 222 valence electrons. The standard InChI is InChI=1S/C31H32N6O5S/c1-19(2)16-25(33-27(38)23-13-12-21-10-6-7-11-22(21)32-23)29-34-26(18-43-29)28(39)36-37-15-14-24(30(37)40)35-31(41)42-17-20-8-4-3-5-9-20/h3-13,18-19,24-25H,14-17H2,1-2H3,(H,33,38)(H,35,41)(H,36,39)/t24-,25+/m1/s1. The number of nitrogens with zero attached hydrogens (tertiary/aromatic N) is 3. The van der Waals surface area contributed by atoms with Gasteiger partial charge in [0, 0.05) is 17.3 Å². The molecule has 12 heteroatoms. The number of carbonyl (C=O) groups is 4. The Morgan fingerprint density at radius 2 is 1.74 bits per heavy atom. The first-order valence-corrected chi connectivity index (χ1v) is 14.9. The molecule has 4 aromatic rings. The number of hydrogen-bond acceptors (Lipinski definition) is 8. The minimum atomic E-state index is -0.816. The van der Waals surface area contributed by atoms with E-state index in [0.717, 1.165) is 16.5 Å². The van der Waals surface area contributed by atoms with Crippen LogP contribution in [0, 0.1) is 5.92 Å². The highest BCUT2D eigenvalue weighted by atomic mass is 32.1. The van der Waals surface area contributed by atoms with Crippen LogP contribution in [0.4, 0.5) is 4.79 Å². The lowest BCUT2D eigenvalue weighted by molar-refractivity contribution is -0.131. The Morgan fingerprint density at radius 1 is 0.977 bits per heavy atom. The van der Waals surface area contributed by atoms with E-state index in [4.69, 9.17) is 4.74 Å². The number of carbonyl (C=O) groups excluding carboxylic acids is 4. The zero-order valence-electron chi connectivity index (χ0n) is 23.8. The highest BCUT2D eigenvalue weighted by Gasteiger charge is 2.35. The smallest absolute Gasteiger partial charge is 0.408 e. The fraction of sp³-hybridized carbons (Fsp3) is 0.290. The minimum Gasteiger partial charge on any atom is -0.445 e. The van der Waals surface area contributed by atoms with Gasteiger partial charge in [-0.15, -0.1) is 11.3 Å². The molecule has 5 rings (SSSR count). The van der Waals surface area contributed by atoms with Gasteiger partial charge in [0.1, 0.15) is 29.0 Å². The maximum absolute atomic E-state index is 13.1. The van der Waals surface area contributed by atoms with E-state index in [-0.39, 0.29) is 30.7 Å². The van der Waals surface area contributed by atoms with Crippen molar-refractivity contribution in [2.45, 2.75) is 45.4 Å². The van der Waals surface area contributed by atoms with Crippen molar-refractivity contribution >= 4 is 46.1 Å². The van der Waals surface area contributed by atoms with Crippen molar-refractivity contribution in [2.75, 3.05) is 6.54 Å². The monoisotopic (exact) mass is 600 g/mol. The maximum Gasteiger partial charge on any atom is 0.408 e. The Labute approximate surface area is 252 Å². The van der Waals surface area contributed by atoms with Gasteiger partial charge in [-0.1, -0.05) is 68.4 Å². The highest BCUT2D eigenvalue weighted by molar-refractivity contribution is 7.09. The molecule has 0 aliphatic carbocycles. The zero-order valence-corrected chi connectivity index (χ0v) is 24.6. The van der Waals surface area contributed by atoms with Crippen molar-refractivity contribution < 1.29 is 23.9 Å². The van der Waals surface area contributed by atoms with Gasteiger partial charge in [-0.3, -0.25) is 24.8 Å². The third kappa shape index (κ3) is 7.52. The summed E-state index contributed by atoms with van der Waals surface area (Å²) in [5.41, 5.74) is 4.55. The molecular weight excluding hydrogens is 568 g/mol. The van der Waals surface area contributed by atoms with Gasteiger partial charge in [0.05, 0.1) is 11.6 Å². The van der Waals surface area contributed by atoms with Gasteiger partial charge in [-0.25, -0.2) is 14.8 Å². The molecule has 4 amide bonds. The second-order valence-electron chi connectivity index (χ2n) is 10.6. The summed E-state index contributed by atoms with van der Waals surface area (Å²) in [5, 5.41) is 9.85. The van der Waals surface area contributed by atoms with Crippen molar-refractivity contribution in [3.05, 3.63) is 94.1 Å². The Morgan fingerprint density at radius 3 is 2.53 bits per heavy atom. The van der Waals surface area contributed by atoms with E-state index in [1.807, 2.05) is 74.5 Å². The summed E-state index contributed by atoms with van der Waals surface area (Å²) in [6, 6.07) is 19.1. The molecule has 3 heterocycles. The molecule has 1 aliphatic heterocycles. The number of ether oxygens (including phenoxy) is 1. The predicted molar refractivity (Wildman–Crippen MR) is 161 cm³/mol. The van der Waals surface area contributed by atoms with Gasteiger partial charge in [0.2, 0.25) is 0 Å². The molecule has 2 atom stereocenters. The third-order valence-electron chi connectivity index (χ3n) is 6.84. The topological polar surface area (TPSA) is 143 Å². The molecule has 0 radical (unpaired) electrons. The summed E-state index contributed by atoms with van der Waals surface area (Å²) in [5.74, 6) is -1.11. The summed E-state index contributed by atoms with van der Waals surface area (Å²) >= 11 is 1.25. The average molecular weight is 601 g/mol. The van der Waals surface area contributed by atoms with Crippen LogP contribution in [0.25, 0.3) is 10.9 Å². The van der Waals surface area contributed by atoms with Crippen molar-refractivity contribution in [3.63, 3.8) is 0 Å². The van der Waals surface area contributed by atoms with Crippen molar-refractivity contribution in [1.29, 1.82) is 0 Å². The van der Waals surface area contributed by atoms with Gasteiger partial charge in [-0.05, 0) is 36.5 Å².